The molecule has 0 radical (unpaired) electrons. The number of anilines is 1. The molecule has 2 amide bonds. The fraction of sp³-hybridized carbons (Fsp3) is 0.513. The number of carbonyl (C=O) groups excluding carboxylic acids is 2. The lowest BCUT2D eigenvalue weighted by Crippen LogP contribution is -2.49. The molecule has 1 aromatic heterocycles. The van der Waals surface area contributed by atoms with Crippen LogP contribution in [-0.4, -0.2) is 64.5 Å². The lowest BCUT2D eigenvalue weighted by Gasteiger charge is -2.46. The summed E-state index contributed by atoms with van der Waals surface area (Å²) < 4.78 is 35.8. The van der Waals surface area contributed by atoms with Crippen LogP contribution in [0.15, 0.2) is 65.3 Å². The predicted octanol–water partition coefficient (Wildman–Crippen LogP) is 7.18. The zero-order valence-electron chi connectivity index (χ0n) is 29.8. The van der Waals surface area contributed by atoms with Gasteiger partial charge < -0.3 is 14.4 Å². The number of ether oxygens (including phenoxy) is 2. The normalized spacial score (nSPS) is 29.9. The van der Waals surface area contributed by atoms with Crippen molar-refractivity contribution in [2.24, 2.45) is 22.1 Å². The summed E-state index contributed by atoms with van der Waals surface area (Å²) in [5.41, 5.74) is 3.65. The van der Waals surface area contributed by atoms with E-state index < -0.39 is 21.7 Å². The van der Waals surface area contributed by atoms with E-state index in [4.69, 9.17) is 21.1 Å². The summed E-state index contributed by atoms with van der Waals surface area (Å²) >= 11 is 6.46. The predicted molar refractivity (Wildman–Crippen MR) is 200 cm³/mol. The van der Waals surface area contributed by atoms with Gasteiger partial charge in [-0.15, -0.1) is 4.36 Å². The van der Waals surface area contributed by atoms with E-state index in [2.05, 4.69) is 43.4 Å². The molecule has 51 heavy (non-hydrogen) atoms. The first-order valence-electron chi connectivity index (χ1n) is 18.1. The van der Waals surface area contributed by atoms with E-state index >= 15 is 0 Å². The van der Waals surface area contributed by atoms with Crippen LogP contribution in [0, 0.1) is 17.8 Å². The molecule has 1 fully saturated rings. The Hall–Kier alpha value is -3.67. The molecule has 0 saturated heterocycles. The van der Waals surface area contributed by atoms with Gasteiger partial charge in [-0.2, -0.15) is 5.10 Å². The Bertz CT molecular complexity index is 1970. The zero-order chi connectivity index (χ0) is 35.9. The molecule has 2 aromatic carbocycles. The van der Waals surface area contributed by atoms with Gasteiger partial charge in [-0.25, -0.2) is 4.21 Å². The maximum Gasteiger partial charge on any atom is 0.286 e. The highest BCUT2D eigenvalue weighted by atomic mass is 35.5. The SMILES string of the molecule is CO[C@H]1/C=C/C[C@H](C)CS(=O)(NC(=O)c2cnn(C(C)C)c2)=NC(=O)c2ccc3c(c2)N(C[C@@H]2CC[C@H]21)C[C@@]1(CCCc2cc(Cl)ccc21)CO3. The molecular formula is C39H48ClN5O5S. The number of hydrogen-bond donors (Lipinski definition) is 1. The van der Waals surface area contributed by atoms with E-state index in [-0.39, 0.29) is 34.8 Å². The van der Waals surface area contributed by atoms with Gasteiger partial charge in [0, 0.05) is 48.4 Å². The van der Waals surface area contributed by atoms with E-state index in [0.717, 1.165) is 49.4 Å². The van der Waals surface area contributed by atoms with Crippen LogP contribution < -0.4 is 14.4 Å². The van der Waals surface area contributed by atoms with Crippen molar-refractivity contribution in [3.8, 4) is 5.75 Å². The van der Waals surface area contributed by atoms with Crippen molar-refractivity contribution >= 4 is 39.0 Å². The fourth-order valence-electron chi connectivity index (χ4n) is 8.31. The van der Waals surface area contributed by atoms with Crippen LogP contribution in [0.3, 0.4) is 0 Å². The molecule has 2 aliphatic carbocycles. The van der Waals surface area contributed by atoms with Crippen LogP contribution in [0.5, 0.6) is 5.75 Å². The van der Waals surface area contributed by atoms with Crippen LogP contribution in [0.1, 0.15) is 90.8 Å². The van der Waals surface area contributed by atoms with Gasteiger partial charge in [-0.05, 0) is 112 Å². The number of allylic oxidation sites excluding steroid dienone is 1. The molecule has 1 N–H and O–H groups in total. The summed E-state index contributed by atoms with van der Waals surface area (Å²) in [7, 11) is -1.77. The average molecular weight is 734 g/mol. The third kappa shape index (κ3) is 7.35. The van der Waals surface area contributed by atoms with Crippen LogP contribution in [-0.2, 0) is 26.5 Å². The zero-order valence-corrected chi connectivity index (χ0v) is 31.4. The third-order valence-corrected chi connectivity index (χ3v) is 13.4. The minimum absolute atomic E-state index is 0.00294. The van der Waals surface area contributed by atoms with Crippen molar-refractivity contribution < 1.29 is 23.3 Å². The second-order valence-electron chi connectivity index (χ2n) is 15.2. The van der Waals surface area contributed by atoms with Crippen molar-refractivity contribution in [2.45, 2.75) is 76.9 Å². The lowest BCUT2D eigenvalue weighted by molar-refractivity contribution is 0.0131. The first-order valence-corrected chi connectivity index (χ1v) is 20.2. The molecule has 1 unspecified atom stereocenters. The maximum atomic E-state index is 14.5. The van der Waals surface area contributed by atoms with Gasteiger partial charge in [0.05, 0.1) is 35.9 Å². The Morgan fingerprint density at radius 1 is 1.20 bits per heavy atom. The van der Waals surface area contributed by atoms with Gasteiger partial charge in [0.25, 0.3) is 11.8 Å². The molecule has 1 saturated carbocycles. The quantitative estimate of drug-likeness (QED) is 0.283. The molecule has 272 valence electrons. The number of nitrogens with zero attached hydrogens (tertiary/aromatic N) is 4. The molecule has 12 heteroatoms. The highest BCUT2D eigenvalue weighted by molar-refractivity contribution is 7.92. The number of aryl methyl sites for hydroxylation is 1. The number of rotatable bonds is 4. The van der Waals surface area contributed by atoms with E-state index in [1.54, 1.807) is 24.1 Å². The number of benzene rings is 2. The van der Waals surface area contributed by atoms with Crippen molar-refractivity contribution in [3.63, 3.8) is 0 Å². The standard InChI is InChI=1S/C39H48ClN5O5S/c1-25(2)45-21-30(19-41-45)38(47)43-51(48)22-26(3)7-5-9-35(49-4)32-13-10-29(32)20-44-23-39(16-6-8-27-17-31(40)12-14-33(27)39)24-50-36-15-11-28(18-34(36)44)37(46)42-51/h5,9,11-12,14-15,17-19,21,25-26,29,32,35H,6-8,10,13,16,20,22-24H2,1-4H3,(H,42,43,46,47,48)/b9-5+/t26-,29-,32+,35-,39-,51?/m0/s1. The summed E-state index contributed by atoms with van der Waals surface area (Å²) in [5.74, 6) is 0.0553. The lowest BCUT2D eigenvalue weighted by atomic mass is 9.68. The smallest absolute Gasteiger partial charge is 0.286 e. The summed E-state index contributed by atoms with van der Waals surface area (Å²) in [6.45, 7) is 7.86. The Kier molecular flexibility index (Phi) is 10.1. The molecule has 7 rings (SSSR count). The van der Waals surface area contributed by atoms with Gasteiger partial charge in [0.2, 0.25) is 0 Å². The second kappa shape index (κ2) is 14.4. The maximum absolute atomic E-state index is 14.5. The fourth-order valence-corrected chi connectivity index (χ4v) is 10.4. The van der Waals surface area contributed by atoms with Crippen molar-refractivity contribution in [3.05, 3.63) is 88.2 Å². The first-order chi connectivity index (χ1) is 24.5. The Labute approximate surface area is 306 Å². The van der Waals surface area contributed by atoms with Crippen LogP contribution in [0.2, 0.25) is 5.02 Å². The van der Waals surface area contributed by atoms with Gasteiger partial charge in [0.15, 0.2) is 0 Å². The van der Waals surface area contributed by atoms with Crippen LogP contribution in [0.25, 0.3) is 0 Å². The topological polar surface area (TPSA) is 115 Å². The molecule has 1 spiro atoms. The van der Waals surface area contributed by atoms with E-state index in [0.29, 0.717) is 42.7 Å². The summed E-state index contributed by atoms with van der Waals surface area (Å²) in [6.07, 6.45) is 12.9. The van der Waals surface area contributed by atoms with Gasteiger partial charge in [-0.1, -0.05) is 36.7 Å². The Morgan fingerprint density at radius 2 is 2.04 bits per heavy atom. The molecular weight excluding hydrogens is 686 g/mol. The average Bonchev–Trinajstić information content (AvgIpc) is 3.53. The number of aromatic nitrogens is 2. The summed E-state index contributed by atoms with van der Waals surface area (Å²) in [4.78, 5) is 29.8. The van der Waals surface area contributed by atoms with Crippen molar-refractivity contribution in [1.29, 1.82) is 0 Å². The van der Waals surface area contributed by atoms with Crippen LogP contribution in [0.4, 0.5) is 5.69 Å². The highest BCUT2D eigenvalue weighted by Crippen LogP contribution is 2.47. The number of hydrogen-bond acceptors (Lipinski definition) is 7. The minimum atomic E-state index is -3.53. The molecule has 3 aromatic rings. The molecule has 3 heterocycles. The number of halogens is 1. The Morgan fingerprint density at radius 3 is 2.78 bits per heavy atom. The Balaban J connectivity index is 1.29. The highest BCUT2D eigenvalue weighted by Gasteiger charge is 2.44. The third-order valence-electron chi connectivity index (χ3n) is 11.2. The number of methoxy groups -OCH3 is 1. The molecule has 10 nitrogen and oxygen atoms in total. The second-order valence-corrected chi connectivity index (χ2v) is 17.6. The van der Waals surface area contributed by atoms with Gasteiger partial charge in [0.1, 0.15) is 15.7 Å². The molecule has 6 atom stereocenters. The number of amides is 2. The molecule has 2 aliphatic heterocycles. The summed E-state index contributed by atoms with van der Waals surface area (Å²) in [5, 5.41) is 5.00. The molecule has 2 bridgehead atoms. The van der Waals surface area contributed by atoms with Gasteiger partial charge >= 0.3 is 0 Å². The van der Waals surface area contributed by atoms with Gasteiger partial charge in [-0.3, -0.25) is 19.0 Å². The summed E-state index contributed by atoms with van der Waals surface area (Å²) in [6, 6.07) is 11.6. The number of fused-ring (bicyclic) bond motifs is 4. The van der Waals surface area contributed by atoms with Crippen molar-refractivity contribution in [1.82, 2.24) is 14.5 Å². The molecule has 4 aliphatic rings. The largest absolute Gasteiger partial charge is 0.490 e. The number of carbonyl (C=O) groups is 2. The monoisotopic (exact) mass is 733 g/mol. The number of nitrogens with one attached hydrogen (secondary N) is 1. The van der Waals surface area contributed by atoms with Crippen molar-refractivity contribution in [2.75, 3.05) is 37.5 Å². The van der Waals surface area contributed by atoms with E-state index in [9.17, 15) is 13.8 Å². The first kappa shape index (κ1) is 35.7. The van der Waals surface area contributed by atoms with E-state index in [1.807, 2.05) is 39.0 Å². The van der Waals surface area contributed by atoms with Crippen LogP contribution >= 0.6 is 11.6 Å². The van der Waals surface area contributed by atoms with E-state index in [1.165, 1.54) is 17.3 Å². The minimum Gasteiger partial charge on any atom is -0.490 e.